The number of anilines is 1. The summed E-state index contributed by atoms with van der Waals surface area (Å²) in [4.78, 5) is 10.3. The molecule has 0 radical (unpaired) electrons. The summed E-state index contributed by atoms with van der Waals surface area (Å²) in [7, 11) is 0. The molecule has 0 spiro atoms. The van der Waals surface area contributed by atoms with Crippen LogP contribution in [0.1, 0.15) is 5.56 Å². The van der Waals surface area contributed by atoms with E-state index in [-0.39, 0.29) is 5.69 Å². The monoisotopic (exact) mass is 355 g/mol. The van der Waals surface area contributed by atoms with Crippen LogP contribution in [0.5, 0.6) is 0 Å². The highest BCUT2D eigenvalue weighted by atomic mass is 35.5. The van der Waals surface area contributed by atoms with Gasteiger partial charge in [-0.25, -0.2) is 0 Å². The largest absolute Gasteiger partial charge is 0.358 e. The van der Waals surface area contributed by atoms with Gasteiger partial charge in [-0.2, -0.15) is 0 Å². The number of nitro groups is 1. The van der Waals surface area contributed by atoms with Gasteiger partial charge in [-0.15, -0.1) is 0 Å². The third kappa shape index (κ3) is 4.56. The fourth-order valence-corrected chi connectivity index (χ4v) is 2.22. The zero-order valence-corrected chi connectivity index (χ0v) is 13.5. The second-order valence-electron chi connectivity index (χ2n) is 4.36. The smallest absolute Gasteiger partial charge is 0.271 e. The van der Waals surface area contributed by atoms with Crippen LogP contribution in [0, 0.1) is 10.1 Å². The van der Waals surface area contributed by atoms with Crippen LogP contribution >= 0.6 is 35.4 Å². The molecular formula is C14H11Cl2N3O2S. The molecule has 0 aliphatic heterocycles. The molecule has 0 saturated heterocycles. The summed E-state index contributed by atoms with van der Waals surface area (Å²) in [5.74, 6) is 0. The van der Waals surface area contributed by atoms with Crippen LogP contribution in [0.25, 0.3) is 0 Å². The molecule has 114 valence electrons. The maximum atomic E-state index is 10.7. The van der Waals surface area contributed by atoms with Crippen molar-refractivity contribution in [2.75, 3.05) is 5.32 Å². The van der Waals surface area contributed by atoms with E-state index in [1.807, 2.05) is 6.07 Å². The Balaban J connectivity index is 1.94. The summed E-state index contributed by atoms with van der Waals surface area (Å²) >= 11 is 16.9. The molecule has 22 heavy (non-hydrogen) atoms. The van der Waals surface area contributed by atoms with Gasteiger partial charge in [-0.3, -0.25) is 10.1 Å². The summed E-state index contributed by atoms with van der Waals surface area (Å²) in [5, 5.41) is 17.9. The van der Waals surface area contributed by atoms with E-state index in [2.05, 4.69) is 10.6 Å². The van der Waals surface area contributed by atoms with Crippen molar-refractivity contribution < 1.29 is 4.92 Å². The van der Waals surface area contributed by atoms with Gasteiger partial charge in [0.25, 0.3) is 5.69 Å². The standard InChI is InChI=1S/C14H11Cl2N3O2S/c15-12-5-4-9(6-13(12)16)8-17-14(22)18-10-2-1-3-11(7-10)19(20)21/h1-7H,8H2,(H2,17,18,22). The van der Waals surface area contributed by atoms with Gasteiger partial charge in [-0.1, -0.05) is 35.3 Å². The zero-order chi connectivity index (χ0) is 16.1. The second-order valence-corrected chi connectivity index (χ2v) is 5.59. The summed E-state index contributed by atoms with van der Waals surface area (Å²) in [6.45, 7) is 0.456. The Morgan fingerprint density at radius 1 is 1.18 bits per heavy atom. The van der Waals surface area contributed by atoms with Crippen molar-refractivity contribution in [2.24, 2.45) is 0 Å². The summed E-state index contributed by atoms with van der Waals surface area (Å²) in [6, 6.07) is 11.4. The van der Waals surface area contributed by atoms with Crippen LogP contribution in [-0.4, -0.2) is 10.0 Å². The van der Waals surface area contributed by atoms with Crippen molar-refractivity contribution in [3.05, 3.63) is 68.2 Å². The van der Waals surface area contributed by atoms with Crippen LogP contribution in [0.15, 0.2) is 42.5 Å². The number of rotatable bonds is 4. The second kappa shape index (κ2) is 7.40. The average molecular weight is 356 g/mol. The van der Waals surface area contributed by atoms with Gasteiger partial charge in [0.2, 0.25) is 0 Å². The number of non-ortho nitro benzene ring substituents is 1. The summed E-state index contributed by atoms with van der Waals surface area (Å²) in [6.07, 6.45) is 0. The highest BCUT2D eigenvalue weighted by molar-refractivity contribution is 7.80. The first-order valence-corrected chi connectivity index (χ1v) is 7.35. The SMILES string of the molecule is O=[N+]([O-])c1cccc(NC(=S)NCc2ccc(Cl)c(Cl)c2)c1. The molecule has 0 saturated carbocycles. The first-order valence-electron chi connectivity index (χ1n) is 6.19. The van der Waals surface area contributed by atoms with Crippen LogP contribution in [0.3, 0.4) is 0 Å². The van der Waals surface area contributed by atoms with Crippen molar-refractivity contribution in [3.63, 3.8) is 0 Å². The lowest BCUT2D eigenvalue weighted by Crippen LogP contribution is -2.27. The Bertz CT molecular complexity index is 725. The molecule has 0 aliphatic rings. The first-order chi connectivity index (χ1) is 10.5. The lowest BCUT2D eigenvalue weighted by Gasteiger charge is -2.11. The lowest BCUT2D eigenvalue weighted by molar-refractivity contribution is -0.384. The quantitative estimate of drug-likeness (QED) is 0.483. The normalized spacial score (nSPS) is 10.1. The number of benzene rings is 2. The van der Waals surface area contributed by atoms with E-state index in [1.165, 1.54) is 12.1 Å². The third-order valence-corrected chi connectivity index (χ3v) is 3.74. The summed E-state index contributed by atoms with van der Waals surface area (Å²) in [5.41, 5.74) is 1.45. The Hall–Kier alpha value is -1.89. The van der Waals surface area contributed by atoms with E-state index in [9.17, 15) is 10.1 Å². The molecular weight excluding hydrogens is 345 g/mol. The van der Waals surface area contributed by atoms with Crippen LogP contribution in [0.2, 0.25) is 10.0 Å². The van der Waals surface area contributed by atoms with Gasteiger partial charge in [-0.05, 0) is 36.0 Å². The maximum Gasteiger partial charge on any atom is 0.271 e. The number of nitrogens with zero attached hydrogens (tertiary/aromatic N) is 1. The zero-order valence-electron chi connectivity index (χ0n) is 11.2. The molecule has 8 heteroatoms. The number of halogens is 2. The van der Waals surface area contributed by atoms with Crippen molar-refractivity contribution in [3.8, 4) is 0 Å². The lowest BCUT2D eigenvalue weighted by atomic mass is 10.2. The van der Waals surface area contributed by atoms with E-state index >= 15 is 0 Å². The number of hydrogen-bond acceptors (Lipinski definition) is 3. The van der Waals surface area contributed by atoms with Crippen LogP contribution < -0.4 is 10.6 Å². The molecule has 0 bridgehead atoms. The van der Waals surface area contributed by atoms with Gasteiger partial charge >= 0.3 is 0 Å². The molecule has 2 aromatic rings. The van der Waals surface area contributed by atoms with E-state index in [4.69, 9.17) is 35.4 Å². The average Bonchev–Trinajstić information content (AvgIpc) is 2.49. The van der Waals surface area contributed by atoms with Crippen molar-refractivity contribution in [2.45, 2.75) is 6.54 Å². The molecule has 2 aromatic carbocycles. The van der Waals surface area contributed by atoms with E-state index in [1.54, 1.807) is 24.3 Å². The Morgan fingerprint density at radius 2 is 1.95 bits per heavy atom. The molecule has 0 fully saturated rings. The number of nitro benzene ring substituents is 1. The number of thiocarbonyl (C=S) groups is 1. The fraction of sp³-hybridized carbons (Fsp3) is 0.0714. The van der Waals surface area contributed by atoms with E-state index in [0.717, 1.165) is 5.56 Å². The molecule has 0 unspecified atom stereocenters. The van der Waals surface area contributed by atoms with Gasteiger partial charge in [0.1, 0.15) is 0 Å². The molecule has 2 rings (SSSR count). The highest BCUT2D eigenvalue weighted by Crippen LogP contribution is 2.22. The predicted octanol–water partition coefficient (Wildman–Crippen LogP) is 4.39. The Morgan fingerprint density at radius 3 is 2.64 bits per heavy atom. The predicted molar refractivity (Wildman–Crippen MR) is 92.6 cm³/mol. The van der Waals surface area contributed by atoms with E-state index < -0.39 is 4.92 Å². The fourth-order valence-electron chi connectivity index (χ4n) is 1.70. The molecule has 0 amide bonds. The molecule has 5 nitrogen and oxygen atoms in total. The molecule has 0 aliphatic carbocycles. The highest BCUT2D eigenvalue weighted by Gasteiger charge is 2.06. The molecule has 0 aromatic heterocycles. The van der Waals surface area contributed by atoms with Crippen molar-refractivity contribution in [1.82, 2.24) is 5.32 Å². The molecule has 2 N–H and O–H groups in total. The Kier molecular flexibility index (Phi) is 5.54. The first kappa shape index (κ1) is 16.5. The van der Waals surface area contributed by atoms with Crippen LogP contribution in [-0.2, 0) is 6.54 Å². The van der Waals surface area contributed by atoms with Gasteiger partial charge in [0, 0.05) is 24.4 Å². The van der Waals surface area contributed by atoms with Gasteiger partial charge in [0.05, 0.1) is 15.0 Å². The minimum atomic E-state index is -0.461. The third-order valence-electron chi connectivity index (χ3n) is 2.75. The maximum absolute atomic E-state index is 10.7. The summed E-state index contributed by atoms with van der Waals surface area (Å²) < 4.78 is 0. The molecule has 0 atom stereocenters. The van der Waals surface area contributed by atoms with Gasteiger partial charge in [0.15, 0.2) is 5.11 Å². The van der Waals surface area contributed by atoms with Crippen LogP contribution in [0.4, 0.5) is 11.4 Å². The van der Waals surface area contributed by atoms with Crippen molar-refractivity contribution >= 4 is 51.9 Å². The molecule has 0 heterocycles. The van der Waals surface area contributed by atoms with Crippen molar-refractivity contribution in [1.29, 1.82) is 0 Å². The minimum absolute atomic E-state index is 0.00252. The van der Waals surface area contributed by atoms with E-state index in [0.29, 0.717) is 27.4 Å². The Labute approximate surface area is 142 Å². The topological polar surface area (TPSA) is 67.2 Å². The number of hydrogen-bond donors (Lipinski definition) is 2. The number of nitrogens with one attached hydrogen (secondary N) is 2. The van der Waals surface area contributed by atoms with Gasteiger partial charge < -0.3 is 10.6 Å². The minimum Gasteiger partial charge on any atom is -0.358 e.